The Morgan fingerprint density at radius 3 is 2.52 bits per heavy atom. The van der Waals surface area contributed by atoms with Crippen LogP contribution in [0.5, 0.6) is 0 Å². The second kappa shape index (κ2) is 8.52. The molecule has 5 nitrogen and oxygen atoms in total. The minimum Gasteiger partial charge on any atom is -0.480 e. The Bertz CT molecular complexity index is 574. The van der Waals surface area contributed by atoms with E-state index in [0.717, 1.165) is 25.7 Å². The van der Waals surface area contributed by atoms with Gasteiger partial charge in [-0.2, -0.15) is 0 Å². The maximum absolute atomic E-state index is 12.1. The van der Waals surface area contributed by atoms with Crippen molar-refractivity contribution in [2.75, 3.05) is 5.32 Å². The van der Waals surface area contributed by atoms with Crippen LogP contribution in [0.3, 0.4) is 0 Å². The third kappa shape index (κ3) is 5.68. The van der Waals surface area contributed by atoms with Crippen molar-refractivity contribution in [1.82, 2.24) is 5.32 Å². The van der Waals surface area contributed by atoms with E-state index in [4.69, 9.17) is 23.2 Å². The van der Waals surface area contributed by atoms with Gasteiger partial charge in [-0.25, -0.2) is 0 Å². The molecule has 2 rings (SSSR count). The van der Waals surface area contributed by atoms with Crippen molar-refractivity contribution in [1.29, 1.82) is 0 Å². The number of carboxylic acids is 1. The van der Waals surface area contributed by atoms with Crippen molar-refractivity contribution in [2.45, 2.75) is 50.6 Å². The molecule has 0 saturated heterocycles. The molecular formula is C16H20Cl2N2O3. The number of carboxylic acid groups (broad SMARTS) is 1. The van der Waals surface area contributed by atoms with Crippen LogP contribution in [0.15, 0.2) is 18.2 Å². The second-order valence-electron chi connectivity index (χ2n) is 5.77. The Morgan fingerprint density at radius 2 is 1.91 bits per heavy atom. The largest absolute Gasteiger partial charge is 0.480 e. The van der Waals surface area contributed by atoms with Gasteiger partial charge in [0.1, 0.15) is 6.04 Å². The summed E-state index contributed by atoms with van der Waals surface area (Å²) in [6.07, 6.45) is 5.13. The molecule has 0 radical (unpaired) electrons. The van der Waals surface area contributed by atoms with E-state index in [1.807, 2.05) is 0 Å². The quantitative estimate of drug-likeness (QED) is 0.724. The standard InChI is InChI=1S/C16H20Cl2N2O3/c17-10-6-7-13(12(18)8-10)20-15(21)9-14(16(22)23)19-11-4-2-1-3-5-11/h6-8,11,14,19H,1-5,9H2,(H,20,21)(H,22,23). The lowest BCUT2D eigenvalue weighted by Crippen LogP contribution is -2.46. The van der Waals surface area contributed by atoms with Crippen LogP contribution in [0.4, 0.5) is 5.69 Å². The predicted molar refractivity (Wildman–Crippen MR) is 91.1 cm³/mol. The number of anilines is 1. The van der Waals surface area contributed by atoms with Crippen LogP contribution in [-0.4, -0.2) is 29.1 Å². The summed E-state index contributed by atoms with van der Waals surface area (Å²) in [7, 11) is 0. The number of hydrogen-bond acceptors (Lipinski definition) is 3. The lowest BCUT2D eigenvalue weighted by Gasteiger charge is -2.26. The minimum absolute atomic E-state index is 0.148. The fourth-order valence-corrected chi connectivity index (χ4v) is 3.20. The molecule has 1 saturated carbocycles. The summed E-state index contributed by atoms with van der Waals surface area (Å²) >= 11 is 11.8. The molecule has 1 aliphatic rings. The number of nitrogens with one attached hydrogen (secondary N) is 2. The molecule has 23 heavy (non-hydrogen) atoms. The molecule has 1 atom stereocenters. The van der Waals surface area contributed by atoms with Gasteiger partial charge in [0.05, 0.1) is 17.1 Å². The summed E-state index contributed by atoms with van der Waals surface area (Å²) in [5, 5.41) is 15.8. The zero-order valence-corrected chi connectivity index (χ0v) is 14.2. The first kappa shape index (κ1) is 18.0. The first-order valence-corrected chi connectivity index (χ1v) is 8.45. The van der Waals surface area contributed by atoms with Crippen molar-refractivity contribution in [2.24, 2.45) is 0 Å². The lowest BCUT2D eigenvalue weighted by molar-refractivity contribution is -0.141. The Morgan fingerprint density at radius 1 is 1.22 bits per heavy atom. The summed E-state index contributed by atoms with van der Waals surface area (Å²) < 4.78 is 0. The predicted octanol–water partition coefficient (Wildman–Crippen LogP) is 3.70. The SMILES string of the molecule is O=C(CC(NC1CCCCC1)C(=O)O)Nc1ccc(Cl)cc1Cl. The van der Waals surface area contributed by atoms with Crippen LogP contribution in [0.2, 0.25) is 10.0 Å². The van der Waals surface area contributed by atoms with Gasteiger partial charge in [0, 0.05) is 11.1 Å². The number of hydrogen-bond donors (Lipinski definition) is 3. The maximum Gasteiger partial charge on any atom is 0.321 e. The smallest absolute Gasteiger partial charge is 0.321 e. The maximum atomic E-state index is 12.1. The number of halogens is 2. The first-order valence-electron chi connectivity index (χ1n) is 7.69. The Hall–Kier alpha value is -1.30. The van der Waals surface area contributed by atoms with Gasteiger partial charge in [0.25, 0.3) is 0 Å². The fourth-order valence-electron chi connectivity index (χ4n) is 2.75. The summed E-state index contributed by atoms with van der Waals surface area (Å²) in [4.78, 5) is 23.5. The van der Waals surface area contributed by atoms with E-state index in [-0.39, 0.29) is 12.5 Å². The molecule has 0 spiro atoms. The van der Waals surface area contributed by atoms with Crippen LogP contribution < -0.4 is 10.6 Å². The van der Waals surface area contributed by atoms with Gasteiger partial charge in [0.15, 0.2) is 0 Å². The number of carbonyl (C=O) groups excluding carboxylic acids is 1. The molecule has 1 fully saturated rings. The van der Waals surface area contributed by atoms with Crippen LogP contribution in [0, 0.1) is 0 Å². The number of aliphatic carboxylic acids is 1. The van der Waals surface area contributed by atoms with Gasteiger partial charge in [-0.05, 0) is 31.0 Å². The molecule has 1 aliphatic carbocycles. The van der Waals surface area contributed by atoms with E-state index in [2.05, 4.69) is 10.6 Å². The number of carbonyl (C=O) groups is 2. The molecule has 1 amide bonds. The Balaban J connectivity index is 1.93. The number of rotatable bonds is 6. The molecule has 0 heterocycles. The highest BCUT2D eigenvalue weighted by atomic mass is 35.5. The van der Waals surface area contributed by atoms with Crippen molar-refractivity contribution in [3.05, 3.63) is 28.2 Å². The molecule has 1 aromatic carbocycles. The molecule has 0 bridgehead atoms. The lowest BCUT2D eigenvalue weighted by atomic mass is 9.94. The van der Waals surface area contributed by atoms with Crippen molar-refractivity contribution < 1.29 is 14.7 Å². The summed E-state index contributed by atoms with van der Waals surface area (Å²) in [5.41, 5.74) is 0.419. The number of benzene rings is 1. The zero-order valence-electron chi connectivity index (χ0n) is 12.6. The highest BCUT2D eigenvalue weighted by Crippen LogP contribution is 2.25. The average molecular weight is 359 g/mol. The van der Waals surface area contributed by atoms with E-state index in [1.165, 1.54) is 12.5 Å². The van der Waals surface area contributed by atoms with E-state index in [1.54, 1.807) is 12.1 Å². The summed E-state index contributed by atoms with van der Waals surface area (Å²) in [6, 6.07) is 3.99. The van der Waals surface area contributed by atoms with Gasteiger partial charge in [-0.15, -0.1) is 0 Å². The van der Waals surface area contributed by atoms with Crippen molar-refractivity contribution in [3.63, 3.8) is 0 Å². The van der Waals surface area contributed by atoms with E-state index < -0.39 is 17.9 Å². The number of amides is 1. The highest BCUT2D eigenvalue weighted by molar-refractivity contribution is 6.36. The first-order chi connectivity index (χ1) is 11.0. The van der Waals surface area contributed by atoms with Crippen LogP contribution in [0.1, 0.15) is 38.5 Å². The van der Waals surface area contributed by atoms with E-state index >= 15 is 0 Å². The summed E-state index contributed by atoms with van der Waals surface area (Å²) in [6.45, 7) is 0. The molecule has 3 N–H and O–H groups in total. The average Bonchev–Trinajstić information content (AvgIpc) is 2.50. The molecule has 1 aromatic rings. The van der Waals surface area contributed by atoms with Gasteiger partial charge >= 0.3 is 5.97 Å². The zero-order chi connectivity index (χ0) is 16.8. The molecular weight excluding hydrogens is 339 g/mol. The van der Waals surface area contributed by atoms with Gasteiger partial charge < -0.3 is 15.7 Å². The fraction of sp³-hybridized carbons (Fsp3) is 0.500. The monoisotopic (exact) mass is 358 g/mol. The third-order valence-electron chi connectivity index (χ3n) is 3.93. The van der Waals surface area contributed by atoms with Crippen molar-refractivity contribution >= 4 is 40.8 Å². The molecule has 1 unspecified atom stereocenters. The van der Waals surface area contributed by atoms with Crippen molar-refractivity contribution in [3.8, 4) is 0 Å². The topological polar surface area (TPSA) is 78.4 Å². The molecule has 0 aliphatic heterocycles. The Labute approximate surface area is 145 Å². The van der Waals surface area contributed by atoms with Gasteiger partial charge in [-0.3, -0.25) is 9.59 Å². The van der Waals surface area contributed by atoms with Crippen LogP contribution in [-0.2, 0) is 9.59 Å². The molecule has 7 heteroatoms. The van der Waals surface area contributed by atoms with Crippen LogP contribution in [0.25, 0.3) is 0 Å². The molecule has 126 valence electrons. The van der Waals surface area contributed by atoms with Gasteiger partial charge in [-0.1, -0.05) is 42.5 Å². The minimum atomic E-state index is -1.02. The third-order valence-corrected chi connectivity index (χ3v) is 4.48. The van der Waals surface area contributed by atoms with Crippen LogP contribution >= 0.6 is 23.2 Å². The second-order valence-corrected chi connectivity index (χ2v) is 6.61. The molecule has 0 aromatic heterocycles. The van der Waals surface area contributed by atoms with E-state index in [9.17, 15) is 14.7 Å². The van der Waals surface area contributed by atoms with Gasteiger partial charge in [0.2, 0.25) is 5.91 Å². The highest BCUT2D eigenvalue weighted by Gasteiger charge is 2.25. The summed E-state index contributed by atoms with van der Waals surface area (Å²) in [5.74, 6) is -1.42. The normalized spacial score (nSPS) is 16.8. The van der Waals surface area contributed by atoms with E-state index in [0.29, 0.717) is 15.7 Å². The Kier molecular flexibility index (Phi) is 6.69.